The minimum atomic E-state index is 0.0770. The van der Waals surface area contributed by atoms with Crippen LogP contribution < -0.4 is 5.73 Å². The predicted molar refractivity (Wildman–Crippen MR) is 82.1 cm³/mol. The van der Waals surface area contributed by atoms with Gasteiger partial charge in [0.2, 0.25) is 0 Å². The van der Waals surface area contributed by atoms with E-state index < -0.39 is 0 Å². The zero-order valence-electron chi connectivity index (χ0n) is 11.5. The molecule has 0 aliphatic heterocycles. The Kier molecular flexibility index (Phi) is 4.50. The molecule has 1 fully saturated rings. The maximum Gasteiger partial charge on any atom is 0.256 e. The van der Waals surface area contributed by atoms with E-state index in [4.69, 9.17) is 5.73 Å². The molecule has 2 N–H and O–H groups in total. The van der Waals surface area contributed by atoms with E-state index in [-0.39, 0.29) is 5.91 Å². The van der Waals surface area contributed by atoms with Crippen LogP contribution in [0.4, 0.5) is 5.69 Å². The molecule has 1 aliphatic carbocycles. The number of rotatable bonds is 5. The van der Waals surface area contributed by atoms with E-state index in [0.29, 0.717) is 23.2 Å². The summed E-state index contributed by atoms with van der Waals surface area (Å²) in [7, 11) is 0. The topological polar surface area (TPSA) is 46.3 Å². The normalized spacial score (nSPS) is 14.7. The Balaban J connectivity index is 2.14. The molecule has 1 aromatic rings. The van der Waals surface area contributed by atoms with Crippen LogP contribution in [0.25, 0.3) is 0 Å². The van der Waals surface area contributed by atoms with E-state index in [2.05, 4.69) is 29.8 Å². The van der Waals surface area contributed by atoms with E-state index in [0.717, 1.165) is 30.3 Å². The Hall–Kier alpha value is -1.03. The highest BCUT2D eigenvalue weighted by atomic mass is 79.9. The van der Waals surface area contributed by atoms with Crippen molar-refractivity contribution in [1.29, 1.82) is 0 Å². The van der Waals surface area contributed by atoms with E-state index >= 15 is 0 Å². The van der Waals surface area contributed by atoms with Crippen LogP contribution in [0.5, 0.6) is 0 Å². The Bertz CT molecular complexity index is 469. The number of nitrogen functional groups attached to an aromatic ring is 1. The van der Waals surface area contributed by atoms with Crippen LogP contribution in [0, 0.1) is 5.92 Å². The molecule has 0 radical (unpaired) electrons. The first-order valence-electron chi connectivity index (χ1n) is 6.85. The summed E-state index contributed by atoms with van der Waals surface area (Å²) in [6.45, 7) is 5.20. The Labute approximate surface area is 123 Å². The van der Waals surface area contributed by atoms with Crippen molar-refractivity contribution in [3.05, 3.63) is 28.2 Å². The third-order valence-electron chi connectivity index (χ3n) is 3.44. The van der Waals surface area contributed by atoms with Gasteiger partial charge in [-0.05, 0) is 43.4 Å². The molecule has 2 rings (SSSR count). The van der Waals surface area contributed by atoms with Crippen molar-refractivity contribution in [3.8, 4) is 0 Å². The zero-order valence-corrected chi connectivity index (χ0v) is 13.1. The SMILES string of the molecule is CC(C)CCN(C(=O)c1ccc(Br)cc1N)C1CC1. The van der Waals surface area contributed by atoms with Gasteiger partial charge in [0.05, 0.1) is 5.56 Å². The summed E-state index contributed by atoms with van der Waals surface area (Å²) in [6, 6.07) is 5.90. The van der Waals surface area contributed by atoms with Gasteiger partial charge in [-0.25, -0.2) is 0 Å². The number of amides is 1. The number of halogens is 1. The number of benzene rings is 1. The largest absolute Gasteiger partial charge is 0.398 e. The lowest BCUT2D eigenvalue weighted by Crippen LogP contribution is -2.35. The summed E-state index contributed by atoms with van der Waals surface area (Å²) in [4.78, 5) is 14.6. The van der Waals surface area contributed by atoms with Gasteiger partial charge in [-0.2, -0.15) is 0 Å². The highest BCUT2D eigenvalue weighted by Gasteiger charge is 2.33. The van der Waals surface area contributed by atoms with Crippen LogP contribution in [-0.4, -0.2) is 23.4 Å². The van der Waals surface area contributed by atoms with Crippen LogP contribution in [0.2, 0.25) is 0 Å². The number of hydrogen-bond acceptors (Lipinski definition) is 2. The molecule has 0 bridgehead atoms. The predicted octanol–water partition coefficient (Wildman–Crippen LogP) is 3.68. The number of hydrogen-bond donors (Lipinski definition) is 1. The van der Waals surface area contributed by atoms with E-state index in [1.807, 2.05) is 17.0 Å². The Morgan fingerprint density at radius 1 is 1.47 bits per heavy atom. The molecule has 19 heavy (non-hydrogen) atoms. The summed E-state index contributed by atoms with van der Waals surface area (Å²) in [5.41, 5.74) is 7.13. The van der Waals surface area contributed by atoms with Gasteiger partial charge in [-0.15, -0.1) is 0 Å². The molecular formula is C15H21BrN2O. The quantitative estimate of drug-likeness (QED) is 0.840. The summed E-state index contributed by atoms with van der Waals surface area (Å²) in [5.74, 6) is 0.685. The van der Waals surface area contributed by atoms with Crippen molar-refractivity contribution in [3.63, 3.8) is 0 Å². The fourth-order valence-corrected chi connectivity index (χ4v) is 2.50. The van der Waals surface area contributed by atoms with Crippen LogP contribution >= 0.6 is 15.9 Å². The van der Waals surface area contributed by atoms with Crippen molar-refractivity contribution in [1.82, 2.24) is 4.90 Å². The Morgan fingerprint density at radius 3 is 2.68 bits per heavy atom. The van der Waals surface area contributed by atoms with Crippen molar-refractivity contribution in [2.45, 2.75) is 39.2 Å². The Morgan fingerprint density at radius 2 is 2.16 bits per heavy atom. The first-order chi connectivity index (χ1) is 8.99. The average Bonchev–Trinajstić information content (AvgIpc) is 3.13. The van der Waals surface area contributed by atoms with Crippen molar-refractivity contribution < 1.29 is 4.79 Å². The van der Waals surface area contributed by atoms with Crippen molar-refractivity contribution >= 4 is 27.5 Å². The molecule has 1 aromatic carbocycles. The van der Waals surface area contributed by atoms with Crippen LogP contribution in [0.3, 0.4) is 0 Å². The lowest BCUT2D eigenvalue weighted by molar-refractivity contribution is 0.0736. The molecule has 0 atom stereocenters. The molecular weight excluding hydrogens is 304 g/mol. The lowest BCUT2D eigenvalue weighted by atomic mass is 10.1. The number of anilines is 1. The van der Waals surface area contributed by atoms with Crippen LogP contribution in [0.1, 0.15) is 43.5 Å². The van der Waals surface area contributed by atoms with Gasteiger partial charge in [-0.1, -0.05) is 29.8 Å². The summed E-state index contributed by atoms with van der Waals surface area (Å²) >= 11 is 3.37. The van der Waals surface area contributed by atoms with E-state index in [1.54, 1.807) is 6.07 Å². The first-order valence-corrected chi connectivity index (χ1v) is 7.64. The van der Waals surface area contributed by atoms with Crippen LogP contribution in [0.15, 0.2) is 22.7 Å². The van der Waals surface area contributed by atoms with Crippen molar-refractivity contribution in [2.75, 3.05) is 12.3 Å². The van der Waals surface area contributed by atoms with Gasteiger partial charge in [0.1, 0.15) is 0 Å². The third kappa shape index (κ3) is 3.72. The number of nitrogens with zero attached hydrogens (tertiary/aromatic N) is 1. The van der Waals surface area contributed by atoms with Gasteiger partial charge in [0.25, 0.3) is 5.91 Å². The van der Waals surface area contributed by atoms with Gasteiger partial charge in [0, 0.05) is 22.7 Å². The smallest absolute Gasteiger partial charge is 0.256 e. The highest BCUT2D eigenvalue weighted by molar-refractivity contribution is 9.10. The van der Waals surface area contributed by atoms with E-state index in [9.17, 15) is 4.79 Å². The maximum absolute atomic E-state index is 12.6. The van der Waals surface area contributed by atoms with Gasteiger partial charge in [0.15, 0.2) is 0 Å². The number of carbonyl (C=O) groups is 1. The minimum Gasteiger partial charge on any atom is -0.398 e. The molecule has 1 aliphatic rings. The molecule has 3 nitrogen and oxygen atoms in total. The summed E-state index contributed by atoms with van der Waals surface area (Å²) in [5, 5.41) is 0. The average molecular weight is 325 g/mol. The fraction of sp³-hybridized carbons (Fsp3) is 0.533. The number of carbonyl (C=O) groups excluding carboxylic acids is 1. The number of nitrogens with two attached hydrogens (primary N) is 1. The third-order valence-corrected chi connectivity index (χ3v) is 3.93. The van der Waals surface area contributed by atoms with Crippen LogP contribution in [-0.2, 0) is 0 Å². The molecule has 1 saturated carbocycles. The maximum atomic E-state index is 12.6. The zero-order chi connectivity index (χ0) is 14.0. The molecule has 0 unspecified atom stereocenters. The molecule has 0 heterocycles. The minimum absolute atomic E-state index is 0.0770. The second-order valence-electron chi connectivity index (χ2n) is 5.64. The molecule has 4 heteroatoms. The van der Waals surface area contributed by atoms with Gasteiger partial charge < -0.3 is 10.6 Å². The molecule has 0 saturated heterocycles. The molecule has 1 amide bonds. The first kappa shape index (κ1) is 14.4. The second-order valence-corrected chi connectivity index (χ2v) is 6.56. The molecule has 0 aromatic heterocycles. The standard InChI is InChI=1S/C15H21BrN2O/c1-10(2)7-8-18(12-4-5-12)15(19)13-6-3-11(16)9-14(13)17/h3,6,9-10,12H,4-5,7-8,17H2,1-2H3. The molecule has 0 spiro atoms. The summed E-state index contributed by atoms with van der Waals surface area (Å²) < 4.78 is 0.904. The van der Waals surface area contributed by atoms with Gasteiger partial charge >= 0.3 is 0 Å². The van der Waals surface area contributed by atoms with E-state index in [1.165, 1.54) is 0 Å². The highest BCUT2D eigenvalue weighted by Crippen LogP contribution is 2.30. The molecule has 104 valence electrons. The summed E-state index contributed by atoms with van der Waals surface area (Å²) in [6.07, 6.45) is 3.29. The lowest BCUT2D eigenvalue weighted by Gasteiger charge is -2.24. The van der Waals surface area contributed by atoms with Crippen molar-refractivity contribution in [2.24, 2.45) is 5.92 Å². The fourth-order valence-electron chi connectivity index (χ4n) is 2.12. The van der Waals surface area contributed by atoms with Gasteiger partial charge in [-0.3, -0.25) is 4.79 Å². The second kappa shape index (κ2) is 5.95. The monoisotopic (exact) mass is 324 g/mol.